The van der Waals surface area contributed by atoms with Gasteiger partial charge in [-0.15, -0.1) is 0 Å². The summed E-state index contributed by atoms with van der Waals surface area (Å²) < 4.78 is 0. The summed E-state index contributed by atoms with van der Waals surface area (Å²) in [5.74, 6) is 0.503. The molecule has 0 saturated heterocycles. The number of halogens is 2. The summed E-state index contributed by atoms with van der Waals surface area (Å²) >= 11 is 9.65. The fourth-order valence-corrected chi connectivity index (χ4v) is 3.59. The van der Waals surface area contributed by atoms with E-state index in [9.17, 15) is 4.79 Å². The molecule has 0 aromatic heterocycles. The average Bonchev–Trinajstić information content (AvgIpc) is 2.63. The normalized spacial score (nSPS) is 12.7. The number of carbonyl (C=O) groups is 1. The molecule has 0 aliphatic rings. The van der Waals surface area contributed by atoms with Crippen LogP contribution in [0, 0.1) is 5.92 Å². The number of alkyl halides is 1. The Kier molecular flexibility index (Phi) is 12.8. The molecule has 1 rings (SSSR count). The number of nitrogens with zero attached hydrogens (tertiary/aromatic N) is 1. The van der Waals surface area contributed by atoms with E-state index in [0.717, 1.165) is 23.6 Å². The first-order valence-electron chi connectivity index (χ1n) is 10.3. The molecule has 1 unspecified atom stereocenters. The van der Waals surface area contributed by atoms with Crippen molar-refractivity contribution in [2.75, 3.05) is 6.54 Å². The van der Waals surface area contributed by atoms with Crippen molar-refractivity contribution in [2.24, 2.45) is 5.92 Å². The molecule has 1 atom stereocenters. The van der Waals surface area contributed by atoms with Crippen LogP contribution in [0.25, 0.3) is 0 Å². The van der Waals surface area contributed by atoms with Crippen LogP contribution in [0.15, 0.2) is 36.4 Å². The lowest BCUT2D eigenvalue weighted by atomic mass is 10.1. The number of carbonyl (C=O) groups excluding carboxylic acids is 1. The largest absolute Gasteiger partial charge is 0.335 e. The van der Waals surface area contributed by atoms with Crippen molar-refractivity contribution in [3.8, 4) is 0 Å². The highest BCUT2D eigenvalue weighted by molar-refractivity contribution is 9.09. The van der Waals surface area contributed by atoms with Gasteiger partial charge in [-0.2, -0.15) is 0 Å². The summed E-state index contributed by atoms with van der Waals surface area (Å²) in [6.07, 6.45) is 12.6. The van der Waals surface area contributed by atoms with Crippen LogP contribution >= 0.6 is 27.5 Å². The first-order chi connectivity index (χ1) is 12.9. The van der Waals surface area contributed by atoms with Crippen molar-refractivity contribution >= 4 is 33.4 Å². The van der Waals surface area contributed by atoms with Gasteiger partial charge in [0.1, 0.15) is 0 Å². The van der Waals surface area contributed by atoms with Crippen LogP contribution in [0.4, 0.5) is 0 Å². The Morgan fingerprint density at radius 3 is 2.37 bits per heavy atom. The van der Waals surface area contributed by atoms with E-state index < -0.39 is 0 Å². The molecular formula is C23H35BrClNO. The van der Waals surface area contributed by atoms with Gasteiger partial charge in [-0.05, 0) is 30.0 Å². The maximum atomic E-state index is 12.7. The topological polar surface area (TPSA) is 20.3 Å². The lowest BCUT2D eigenvalue weighted by molar-refractivity contribution is -0.127. The predicted molar refractivity (Wildman–Crippen MR) is 122 cm³/mol. The number of hydrogen-bond acceptors (Lipinski definition) is 1. The molecule has 0 radical (unpaired) electrons. The number of rotatable bonds is 13. The minimum Gasteiger partial charge on any atom is -0.335 e. The second kappa shape index (κ2) is 14.2. The first kappa shape index (κ1) is 24.2. The molecule has 1 aromatic rings. The molecule has 0 aliphatic heterocycles. The maximum absolute atomic E-state index is 12.7. The summed E-state index contributed by atoms with van der Waals surface area (Å²) in [6.45, 7) is 7.88. The monoisotopic (exact) mass is 455 g/mol. The van der Waals surface area contributed by atoms with Gasteiger partial charge in [0.05, 0.1) is 0 Å². The van der Waals surface area contributed by atoms with Crippen LogP contribution in [-0.2, 0) is 11.3 Å². The third kappa shape index (κ3) is 11.6. The fourth-order valence-electron chi connectivity index (χ4n) is 2.99. The zero-order valence-corrected chi connectivity index (χ0v) is 19.4. The molecule has 1 amide bonds. The van der Waals surface area contributed by atoms with Gasteiger partial charge in [0.2, 0.25) is 5.91 Å². The molecule has 0 N–H and O–H groups in total. The van der Waals surface area contributed by atoms with Crippen molar-refractivity contribution in [1.29, 1.82) is 0 Å². The Labute approximate surface area is 179 Å². The molecule has 0 heterocycles. The lowest BCUT2D eigenvalue weighted by Gasteiger charge is -2.23. The highest BCUT2D eigenvalue weighted by atomic mass is 79.9. The molecule has 27 heavy (non-hydrogen) atoms. The van der Waals surface area contributed by atoms with E-state index in [1.807, 2.05) is 35.2 Å². The second-order valence-electron chi connectivity index (χ2n) is 7.67. The summed E-state index contributed by atoms with van der Waals surface area (Å²) in [6, 6.07) is 7.72. The lowest BCUT2D eigenvalue weighted by Crippen LogP contribution is -2.32. The van der Waals surface area contributed by atoms with E-state index >= 15 is 0 Å². The van der Waals surface area contributed by atoms with Crippen LogP contribution in [0.2, 0.25) is 5.02 Å². The molecule has 0 bridgehead atoms. The Hall–Kier alpha value is -0.800. The van der Waals surface area contributed by atoms with Gasteiger partial charge in [0, 0.05) is 29.0 Å². The van der Waals surface area contributed by atoms with Gasteiger partial charge in [-0.25, -0.2) is 0 Å². The summed E-state index contributed by atoms with van der Waals surface area (Å²) in [4.78, 5) is 14.9. The van der Waals surface area contributed by atoms with Gasteiger partial charge in [-0.1, -0.05) is 105 Å². The smallest absolute Gasteiger partial charge is 0.246 e. The molecule has 0 fully saturated rings. The standard InChI is InChI=1S/C23H35BrClNO/c1-4-5-6-7-8-9-10-21(24)13-16-23(27)26(17-19(2)3)18-20-11-14-22(25)15-12-20/h11-16,19,21H,4-10,17-18H2,1-3H3/b16-13+. The second-order valence-corrected chi connectivity index (χ2v) is 9.28. The number of amides is 1. The van der Waals surface area contributed by atoms with Crippen LogP contribution < -0.4 is 0 Å². The van der Waals surface area contributed by atoms with Crippen LogP contribution in [0.3, 0.4) is 0 Å². The maximum Gasteiger partial charge on any atom is 0.246 e. The van der Waals surface area contributed by atoms with Gasteiger partial charge in [-0.3, -0.25) is 4.79 Å². The van der Waals surface area contributed by atoms with Crippen LogP contribution in [0.1, 0.15) is 71.3 Å². The number of hydrogen-bond donors (Lipinski definition) is 0. The van der Waals surface area contributed by atoms with E-state index in [1.54, 1.807) is 6.08 Å². The van der Waals surface area contributed by atoms with E-state index in [0.29, 0.717) is 12.5 Å². The van der Waals surface area contributed by atoms with Gasteiger partial charge < -0.3 is 4.90 Å². The van der Waals surface area contributed by atoms with Crippen LogP contribution in [0.5, 0.6) is 0 Å². The summed E-state index contributed by atoms with van der Waals surface area (Å²) in [5.41, 5.74) is 1.10. The van der Waals surface area contributed by atoms with Gasteiger partial charge in [0.25, 0.3) is 0 Å². The quantitative estimate of drug-likeness (QED) is 0.172. The molecule has 0 saturated carbocycles. The van der Waals surface area contributed by atoms with Crippen molar-refractivity contribution < 1.29 is 4.79 Å². The molecule has 0 spiro atoms. The van der Waals surface area contributed by atoms with Crippen molar-refractivity contribution in [2.45, 2.75) is 77.1 Å². The Morgan fingerprint density at radius 1 is 1.11 bits per heavy atom. The minimum atomic E-state index is 0.0750. The molecular weight excluding hydrogens is 422 g/mol. The van der Waals surface area contributed by atoms with E-state index in [1.165, 1.54) is 38.5 Å². The molecule has 0 aliphatic carbocycles. The Balaban J connectivity index is 2.49. The summed E-state index contributed by atoms with van der Waals surface area (Å²) in [7, 11) is 0. The summed E-state index contributed by atoms with van der Waals surface area (Å²) in [5, 5.41) is 0.720. The molecule has 152 valence electrons. The SMILES string of the molecule is CCCCCCCCC(Br)/C=C/C(=O)N(Cc1ccc(Cl)cc1)CC(C)C. The molecule has 4 heteroatoms. The fraction of sp³-hybridized carbons (Fsp3) is 0.609. The van der Waals surface area contributed by atoms with Crippen molar-refractivity contribution in [3.05, 3.63) is 47.0 Å². The molecule has 1 aromatic carbocycles. The van der Waals surface area contributed by atoms with E-state index in [4.69, 9.17) is 11.6 Å². The van der Waals surface area contributed by atoms with Gasteiger partial charge >= 0.3 is 0 Å². The van der Waals surface area contributed by atoms with E-state index in [2.05, 4.69) is 36.7 Å². The van der Waals surface area contributed by atoms with E-state index in [-0.39, 0.29) is 10.7 Å². The zero-order valence-electron chi connectivity index (χ0n) is 17.1. The van der Waals surface area contributed by atoms with Gasteiger partial charge in [0.15, 0.2) is 0 Å². The number of allylic oxidation sites excluding steroid dienone is 1. The first-order valence-corrected chi connectivity index (χ1v) is 11.6. The highest BCUT2D eigenvalue weighted by Crippen LogP contribution is 2.16. The number of benzene rings is 1. The molecule has 2 nitrogen and oxygen atoms in total. The van der Waals surface area contributed by atoms with Crippen molar-refractivity contribution in [3.63, 3.8) is 0 Å². The third-order valence-electron chi connectivity index (χ3n) is 4.46. The Morgan fingerprint density at radius 2 is 1.74 bits per heavy atom. The highest BCUT2D eigenvalue weighted by Gasteiger charge is 2.13. The predicted octanol–water partition coefficient (Wildman–Crippen LogP) is 7.39. The number of unbranched alkanes of at least 4 members (excludes halogenated alkanes) is 5. The zero-order chi connectivity index (χ0) is 20.1. The minimum absolute atomic E-state index is 0.0750. The average molecular weight is 457 g/mol. The van der Waals surface area contributed by atoms with Crippen LogP contribution in [-0.4, -0.2) is 22.2 Å². The third-order valence-corrected chi connectivity index (χ3v) is 5.48. The Bertz CT molecular complexity index is 556. The van der Waals surface area contributed by atoms with Crippen molar-refractivity contribution in [1.82, 2.24) is 4.90 Å².